The molecule has 0 saturated heterocycles. The Bertz CT molecular complexity index is 952. The monoisotopic (exact) mass is 553 g/mol. The first kappa shape index (κ1) is 25.1. The van der Waals surface area contributed by atoms with Gasteiger partial charge in [0.2, 0.25) is 0 Å². The molecule has 3 rings (SSSR count). The Morgan fingerprint density at radius 3 is 2.52 bits per heavy atom. The molecule has 3 aromatic rings. The van der Waals surface area contributed by atoms with Gasteiger partial charge in [0.15, 0.2) is 11.8 Å². The lowest BCUT2D eigenvalue weighted by molar-refractivity contribution is 0.718. The Labute approximate surface area is 206 Å². The quantitative estimate of drug-likeness (QED) is 0.182. The van der Waals surface area contributed by atoms with E-state index in [0.717, 1.165) is 43.7 Å². The van der Waals surface area contributed by atoms with Gasteiger partial charge in [-0.2, -0.15) is 0 Å². The topological polar surface area (TPSA) is 70.4 Å². The SMILES string of the molecule is Cc1ccc(CNC(=NCc2nnc(C)n2C)NCCCN(C)c2ccccc2)s1.I. The van der Waals surface area contributed by atoms with Crippen LogP contribution < -0.4 is 15.5 Å². The number of rotatable bonds is 9. The van der Waals surface area contributed by atoms with Crippen molar-refractivity contribution in [3.8, 4) is 0 Å². The van der Waals surface area contributed by atoms with E-state index in [1.165, 1.54) is 15.4 Å². The molecule has 0 aliphatic heterocycles. The fourth-order valence-corrected chi connectivity index (χ4v) is 3.83. The van der Waals surface area contributed by atoms with E-state index in [4.69, 9.17) is 4.99 Å². The summed E-state index contributed by atoms with van der Waals surface area (Å²) in [7, 11) is 4.09. The number of aromatic nitrogens is 3. The maximum absolute atomic E-state index is 4.73. The molecule has 1 aromatic carbocycles. The first-order valence-electron chi connectivity index (χ1n) is 10.2. The van der Waals surface area contributed by atoms with Gasteiger partial charge in [0.25, 0.3) is 0 Å². The number of anilines is 1. The van der Waals surface area contributed by atoms with Crippen LogP contribution in [0.3, 0.4) is 0 Å². The molecule has 168 valence electrons. The van der Waals surface area contributed by atoms with E-state index in [2.05, 4.69) is 76.1 Å². The number of para-hydroxylation sites is 1. The normalized spacial score (nSPS) is 11.2. The lowest BCUT2D eigenvalue weighted by Crippen LogP contribution is -2.38. The molecule has 2 heterocycles. The van der Waals surface area contributed by atoms with Crippen molar-refractivity contribution in [1.29, 1.82) is 0 Å². The Balaban J connectivity index is 0.00000341. The standard InChI is InChI=1S/C22H31N7S.HI/c1-17-11-12-20(30-17)15-24-22(25-16-21-27-26-18(2)29(21)4)23-13-8-14-28(3)19-9-6-5-7-10-19;/h5-7,9-12H,8,13-16H2,1-4H3,(H2,23,24,25);1H. The van der Waals surface area contributed by atoms with Gasteiger partial charge in [-0.3, -0.25) is 0 Å². The summed E-state index contributed by atoms with van der Waals surface area (Å²) >= 11 is 1.80. The maximum atomic E-state index is 4.73. The predicted molar refractivity (Wildman–Crippen MR) is 141 cm³/mol. The van der Waals surface area contributed by atoms with E-state index in [9.17, 15) is 0 Å². The van der Waals surface area contributed by atoms with Gasteiger partial charge >= 0.3 is 0 Å². The first-order chi connectivity index (χ1) is 14.5. The summed E-state index contributed by atoms with van der Waals surface area (Å²) in [6, 6.07) is 14.8. The van der Waals surface area contributed by atoms with Crippen LogP contribution in [0.4, 0.5) is 5.69 Å². The number of guanidine groups is 1. The van der Waals surface area contributed by atoms with Crippen LogP contribution in [0.2, 0.25) is 0 Å². The molecule has 0 unspecified atom stereocenters. The van der Waals surface area contributed by atoms with Crippen LogP contribution in [-0.4, -0.2) is 40.9 Å². The molecular weight excluding hydrogens is 521 g/mol. The second-order valence-electron chi connectivity index (χ2n) is 7.29. The Morgan fingerprint density at radius 2 is 1.87 bits per heavy atom. The third-order valence-corrected chi connectivity index (χ3v) is 5.95. The van der Waals surface area contributed by atoms with Gasteiger partial charge in [-0.1, -0.05) is 18.2 Å². The van der Waals surface area contributed by atoms with E-state index >= 15 is 0 Å². The highest BCUT2D eigenvalue weighted by molar-refractivity contribution is 14.0. The number of aliphatic imine (C=N–C) groups is 1. The first-order valence-corrected chi connectivity index (χ1v) is 11.0. The van der Waals surface area contributed by atoms with Gasteiger partial charge in [-0.25, -0.2) is 4.99 Å². The van der Waals surface area contributed by atoms with Gasteiger partial charge in [-0.15, -0.1) is 45.5 Å². The van der Waals surface area contributed by atoms with Gasteiger partial charge in [0.05, 0.1) is 6.54 Å². The second-order valence-corrected chi connectivity index (χ2v) is 8.66. The molecule has 2 aromatic heterocycles. The van der Waals surface area contributed by atoms with Crippen LogP contribution >= 0.6 is 35.3 Å². The van der Waals surface area contributed by atoms with E-state index in [0.29, 0.717) is 6.54 Å². The molecule has 2 N–H and O–H groups in total. The molecule has 0 saturated carbocycles. The van der Waals surface area contributed by atoms with Crippen LogP contribution in [-0.2, 0) is 20.1 Å². The van der Waals surface area contributed by atoms with E-state index < -0.39 is 0 Å². The van der Waals surface area contributed by atoms with Crippen molar-refractivity contribution in [1.82, 2.24) is 25.4 Å². The molecule has 9 heteroatoms. The molecule has 0 radical (unpaired) electrons. The average Bonchev–Trinajstić information content (AvgIpc) is 3.32. The van der Waals surface area contributed by atoms with Gasteiger partial charge in [0, 0.05) is 42.6 Å². The van der Waals surface area contributed by atoms with Crippen LogP contribution in [0.25, 0.3) is 0 Å². The Morgan fingerprint density at radius 1 is 1.10 bits per heavy atom. The molecule has 0 amide bonds. The molecular formula is C22H32IN7S. The summed E-state index contributed by atoms with van der Waals surface area (Å²) in [4.78, 5) is 9.60. The molecule has 31 heavy (non-hydrogen) atoms. The number of benzene rings is 1. The molecule has 0 aliphatic carbocycles. The zero-order chi connectivity index (χ0) is 21.3. The van der Waals surface area contributed by atoms with Crippen molar-refractivity contribution in [3.05, 3.63) is 63.9 Å². The zero-order valence-electron chi connectivity index (χ0n) is 18.6. The summed E-state index contributed by atoms with van der Waals surface area (Å²) in [6.07, 6.45) is 1.01. The molecule has 0 bridgehead atoms. The number of nitrogens with zero attached hydrogens (tertiary/aromatic N) is 5. The molecule has 7 nitrogen and oxygen atoms in total. The van der Waals surface area contributed by atoms with Crippen molar-refractivity contribution in [3.63, 3.8) is 0 Å². The van der Waals surface area contributed by atoms with Gasteiger partial charge in [-0.05, 0) is 44.5 Å². The fraction of sp³-hybridized carbons (Fsp3) is 0.409. The minimum absolute atomic E-state index is 0. The van der Waals surface area contributed by atoms with Gasteiger partial charge < -0.3 is 20.1 Å². The third kappa shape index (κ3) is 7.80. The van der Waals surface area contributed by atoms with Crippen LogP contribution in [0.15, 0.2) is 47.5 Å². The summed E-state index contributed by atoms with van der Waals surface area (Å²) in [5.74, 6) is 2.54. The smallest absolute Gasteiger partial charge is 0.192 e. The number of thiophene rings is 1. The molecule has 0 fully saturated rings. The largest absolute Gasteiger partial charge is 0.375 e. The second kappa shape index (κ2) is 12.7. The lowest BCUT2D eigenvalue weighted by Gasteiger charge is -2.19. The van der Waals surface area contributed by atoms with Crippen LogP contribution in [0.5, 0.6) is 0 Å². The van der Waals surface area contributed by atoms with Crippen molar-refractivity contribution < 1.29 is 0 Å². The number of halogens is 1. The minimum Gasteiger partial charge on any atom is -0.375 e. The fourth-order valence-electron chi connectivity index (χ4n) is 3.00. The number of aryl methyl sites for hydroxylation is 2. The molecule has 0 aliphatic rings. The summed E-state index contributed by atoms with van der Waals surface area (Å²) < 4.78 is 1.97. The average molecular weight is 554 g/mol. The lowest BCUT2D eigenvalue weighted by atomic mass is 10.3. The van der Waals surface area contributed by atoms with Crippen molar-refractivity contribution in [2.24, 2.45) is 12.0 Å². The number of nitrogens with one attached hydrogen (secondary N) is 2. The van der Waals surface area contributed by atoms with Crippen LogP contribution in [0, 0.1) is 13.8 Å². The third-order valence-electron chi connectivity index (χ3n) is 4.95. The summed E-state index contributed by atoms with van der Waals surface area (Å²) in [5, 5.41) is 15.2. The maximum Gasteiger partial charge on any atom is 0.192 e. The minimum atomic E-state index is 0. The van der Waals surface area contributed by atoms with Crippen LogP contribution in [0.1, 0.15) is 27.8 Å². The Kier molecular flexibility index (Phi) is 10.3. The zero-order valence-corrected chi connectivity index (χ0v) is 21.8. The number of hydrogen-bond donors (Lipinski definition) is 2. The highest BCUT2D eigenvalue weighted by atomic mass is 127. The van der Waals surface area contributed by atoms with E-state index in [-0.39, 0.29) is 24.0 Å². The summed E-state index contributed by atoms with van der Waals surface area (Å²) in [6.45, 7) is 7.12. The van der Waals surface area contributed by atoms with Crippen molar-refractivity contribution in [2.45, 2.75) is 33.4 Å². The Hall–Kier alpha value is -2.14. The number of hydrogen-bond acceptors (Lipinski definition) is 5. The van der Waals surface area contributed by atoms with E-state index in [1.54, 1.807) is 11.3 Å². The summed E-state index contributed by atoms with van der Waals surface area (Å²) in [5.41, 5.74) is 1.23. The predicted octanol–water partition coefficient (Wildman–Crippen LogP) is 3.87. The highest BCUT2D eigenvalue weighted by Gasteiger charge is 2.06. The molecule has 0 atom stereocenters. The molecule has 0 spiro atoms. The van der Waals surface area contributed by atoms with E-state index in [1.807, 2.05) is 24.6 Å². The highest BCUT2D eigenvalue weighted by Crippen LogP contribution is 2.14. The van der Waals surface area contributed by atoms with Gasteiger partial charge in [0.1, 0.15) is 12.4 Å². The van der Waals surface area contributed by atoms with Crippen molar-refractivity contribution in [2.75, 3.05) is 25.0 Å². The van der Waals surface area contributed by atoms with Crippen molar-refractivity contribution >= 4 is 47.0 Å².